The third kappa shape index (κ3) is 4.81. The molecule has 2 rings (SSSR count). The minimum atomic E-state index is -0.383. The van der Waals surface area contributed by atoms with Crippen molar-refractivity contribution in [2.24, 2.45) is 0 Å². The fourth-order valence-corrected chi connectivity index (χ4v) is 2.25. The molecule has 0 saturated heterocycles. The average Bonchev–Trinajstić information content (AvgIpc) is 2.64. The van der Waals surface area contributed by atoms with Gasteiger partial charge in [0.2, 0.25) is 0 Å². The Morgan fingerprint density at radius 1 is 0.958 bits per heavy atom. The van der Waals surface area contributed by atoms with E-state index in [1.807, 2.05) is 43.3 Å². The van der Waals surface area contributed by atoms with Gasteiger partial charge in [-0.15, -0.1) is 0 Å². The van der Waals surface area contributed by atoms with Crippen LogP contribution in [0.5, 0.6) is 0 Å². The number of carbonyl (C=O) groups excluding carboxylic acids is 2. The highest BCUT2D eigenvalue weighted by molar-refractivity contribution is 5.90. The Kier molecular flexibility index (Phi) is 6.32. The summed E-state index contributed by atoms with van der Waals surface area (Å²) in [7, 11) is 1.34. The van der Waals surface area contributed by atoms with Crippen LogP contribution in [-0.2, 0) is 20.9 Å². The highest BCUT2D eigenvalue weighted by atomic mass is 16.5. The second-order valence-electron chi connectivity index (χ2n) is 5.21. The molecule has 0 spiro atoms. The minimum absolute atomic E-state index is 0.181. The first-order chi connectivity index (χ1) is 11.6. The van der Waals surface area contributed by atoms with Crippen LogP contribution in [0.2, 0.25) is 0 Å². The van der Waals surface area contributed by atoms with Gasteiger partial charge in [0.05, 0.1) is 19.1 Å². The molecular weight excluding hydrogens is 304 g/mol. The molecule has 124 valence electrons. The van der Waals surface area contributed by atoms with Gasteiger partial charge >= 0.3 is 11.9 Å². The molecule has 4 nitrogen and oxygen atoms in total. The number of methoxy groups -OCH3 is 1. The zero-order valence-electron chi connectivity index (χ0n) is 13.8. The van der Waals surface area contributed by atoms with E-state index in [4.69, 9.17) is 4.74 Å². The number of allylic oxidation sites excluding steroid dienone is 1. The van der Waals surface area contributed by atoms with Crippen LogP contribution < -0.4 is 0 Å². The second-order valence-corrected chi connectivity index (χ2v) is 5.21. The Hall–Kier alpha value is -2.88. The lowest BCUT2D eigenvalue weighted by Gasteiger charge is -2.09. The van der Waals surface area contributed by atoms with E-state index in [0.717, 1.165) is 16.7 Å². The van der Waals surface area contributed by atoms with Crippen molar-refractivity contribution in [3.05, 3.63) is 77.4 Å². The first-order valence-electron chi connectivity index (χ1n) is 7.67. The van der Waals surface area contributed by atoms with E-state index in [-0.39, 0.29) is 25.0 Å². The SMILES string of the molecule is CC=C(CC(=O)OCc1ccccc1)c1ccc(C(=O)OC)cc1. The predicted molar refractivity (Wildman–Crippen MR) is 92.3 cm³/mol. The molecule has 0 atom stereocenters. The van der Waals surface area contributed by atoms with Crippen molar-refractivity contribution in [1.82, 2.24) is 0 Å². The molecule has 0 unspecified atom stereocenters. The lowest BCUT2D eigenvalue weighted by atomic mass is 10.0. The standard InChI is InChI=1S/C20H20O4/c1-3-16(17-9-11-18(12-10-17)20(22)23-2)13-19(21)24-14-15-7-5-4-6-8-15/h3-12H,13-14H2,1-2H3. The summed E-state index contributed by atoms with van der Waals surface area (Å²) in [6.45, 7) is 2.13. The topological polar surface area (TPSA) is 52.6 Å². The van der Waals surface area contributed by atoms with Gasteiger partial charge in [0.1, 0.15) is 6.61 Å². The van der Waals surface area contributed by atoms with Gasteiger partial charge in [-0.25, -0.2) is 4.79 Å². The molecule has 0 radical (unpaired) electrons. The summed E-state index contributed by atoms with van der Waals surface area (Å²) < 4.78 is 9.98. The molecule has 0 bridgehead atoms. The maximum atomic E-state index is 12.0. The van der Waals surface area contributed by atoms with Crippen molar-refractivity contribution >= 4 is 17.5 Å². The first-order valence-corrected chi connectivity index (χ1v) is 7.67. The van der Waals surface area contributed by atoms with E-state index >= 15 is 0 Å². The third-order valence-corrected chi connectivity index (χ3v) is 3.60. The highest BCUT2D eigenvalue weighted by Gasteiger charge is 2.11. The fraction of sp³-hybridized carbons (Fsp3) is 0.200. The summed E-state index contributed by atoms with van der Waals surface area (Å²) in [6.07, 6.45) is 2.05. The van der Waals surface area contributed by atoms with E-state index in [1.54, 1.807) is 24.3 Å². The number of esters is 2. The van der Waals surface area contributed by atoms with E-state index < -0.39 is 0 Å². The Morgan fingerprint density at radius 2 is 1.58 bits per heavy atom. The summed E-state index contributed by atoms with van der Waals surface area (Å²) in [5.41, 5.74) is 3.16. The van der Waals surface area contributed by atoms with Gasteiger partial charge in [0, 0.05) is 0 Å². The van der Waals surface area contributed by atoms with Crippen molar-refractivity contribution in [1.29, 1.82) is 0 Å². The van der Waals surface area contributed by atoms with E-state index in [1.165, 1.54) is 7.11 Å². The minimum Gasteiger partial charge on any atom is -0.465 e. The molecule has 0 heterocycles. The summed E-state index contributed by atoms with van der Waals surface area (Å²) in [5, 5.41) is 0. The van der Waals surface area contributed by atoms with Crippen molar-refractivity contribution in [2.75, 3.05) is 7.11 Å². The zero-order chi connectivity index (χ0) is 17.4. The Balaban J connectivity index is 1.96. The average molecular weight is 324 g/mol. The smallest absolute Gasteiger partial charge is 0.337 e. The van der Waals surface area contributed by atoms with Crippen LogP contribution in [0.1, 0.15) is 34.8 Å². The van der Waals surface area contributed by atoms with E-state index in [0.29, 0.717) is 5.56 Å². The number of hydrogen-bond donors (Lipinski definition) is 0. The summed E-state index contributed by atoms with van der Waals surface area (Å²) in [6, 6.07) is 16.5. The Morgan fingerprint density at radius 3 is 2.17 bits per heavy atom. The Labute approximate surface area is 141 Å². The molecule has 0 saturated carbocycles. The van der Waals surface area contributed by atoms with Crippen LogP contribution in [0.25, 0.3) is 5.57 Å². The monoisotopic (exact) mass is 324 g/mol. The normalized spacial score (nSPS) is 11.0. The van der Waals surface area contributed by atoms with Gasteiger partial charge in [-0.2, -0.15) is 0 Å². The van der Waals surface area contributed by atoms with Gasteiger partial charge < -0.3 is 9.47 Å². The molecule has 24 heavy (non-hydrogen) atoms. The third-order valence-electron chi connectivity index (χ3n) is 3.60. The van der Waals surface area contributed by atoms with Crippen molar-refractivity contribution in [3.63, 3.8) is 0 Å². The van der Waals surface area contributed by atoms with Gasteiger partial charge in [0.15, 0.2) is 0 Å². The largest absolute Gasteiger partial charge is 0.465 e. The molecule has 2 aromatic rings. The van der Waals surface area contributed by atoms with Crippen LogP contribution in [0, 0.1) is 0 Å². The van der Waals surface area contributed by atoms with Gasteiger partial charge in [-0.05, 0) is 35.8 Å². The Bertz CT molecular complexity index is 715. The number of ether oxygens (including phenoxy) is 2. The van der Waals surface area contributed by atoms with Gasteiger partial charge in [-0.1, -0.05) is 48.5 Å². The van der Waals surface area contributed by atoms with Crippen molar-refractivity contribution in [2.45, 2.75) is 20.0 Å². The molecule has 0 N–H and O–H groups in total. The van der Waals surface area contributed by atoms with E-state index in [9.17, 15) is 9.59 Å². The lowest BCUT2D eigenvalue weighted by molar-refractivity contribution is -0.143. The molecule has 0 aliphatic carbocycles. The maximum Gasteiger partial charge on any atom is 0.337 e. The molecule has 4 heteroatoms. The molecular formula is C20H20O4. The fourth-order valence-electron chi connectivity index (χ4n) is 2.25. The van der Waals surface area contributed by atoms with Gasteiger partial charge in [0.25, 0.3) is 0 Å². The number of carbonyl (C=O) groups is 2. The predicted octanol–water partition coefficient (Wildman–Crippen LogP) is 4.01. The van der Waals surface area contributed by atoms with Crippen LogP contribution in [-0.4, -0.2) is 19.0 Å². The molecule has 2 aromatic carbocycles. The van der Waals surface area contributed by atoms with E-state index in [2.05, 4.69) is 4.74 Å². The lowest BCUT2D eigenvalue weighted by Crippen LogP contribution is -2.06. The second kappa shape index (κ2) is 8.67. The molecule has 0 aliphatic heterocycles. The quantitative estimate of drug-likeness (QED) is 0.753. The first kappa shape index (κ1) is 17.5. The number of hydrogen-bond acceptors (Lipinski definition) is 4. The van der Waals surface area contributed by atoms with Crippen LogP contribution >= 0.6 is 0 Å². The zero-order valence-corrected chi connectivity index (χ0v) is 13.8. The number of rotatable bonds is 6. The van der Waals surface area contributed by atoms with Crippen molar-refractivity contribution < 1.29 is 19.1 Å². The molecule has 0 aromatic heterocycles. The summed E-state index contributed by atoms with van der Waals surface area (Å²) >= 11 is 0. The van der Waals surface area contributed by atoms with Gasteiger partial charge in [-0.3, -0.25) is 4.79 Å². The molecule has 0 aliphatic rings. The molecule has 0 amide bonds. The van der Waals surface area contributed by atoms with Crippen LogP contribution in [0.3, 0.4) is 0 Å². The highest BCUT2D eigenvalue weighted by Crippen LogP contribution is 2.20. The molecule has 0 fully saturated rings. The van der Waals surface area contributed by atoms with Crippen LogP contribution in [0.4, 0.5) is 0 Å². The summed E-state index contributed by atoms with van der Waals surface area (Å²) in [4.78, 5) is 23.5. The van der Waals surface area contributed by atoms with Crippen molar-refractivity contribution in [3.8, 4) is 0 Å². The van der Waals surface area contributed by atoms with Crippen LogP contribution in [0.15, 0.2) is 60.7 Å². The summed E-state index contributed by atoms with van der Waals surface area (Å²) in [5.74, 6) is -0.671. The number of benzene rings is 2. The maximum absolute atomic E-state index is 12.0.